The third-order valence-electron chi connectivity index (χ3n) is 6.56. The zero-order valence-corrected chi connectivity index (χ0v) is 21.0. The molecule has 9 nitrogen and oxygen atoms in total. The van der Waals surface area contributed by atoms with Crippen LogP contribution in [0.5, 0.6) is 0 Å². The van der Waals surface area contributed by atoms with Crippen LogP contribution in [0.1, 0.15) is 35.8 Å². The number of H-pyrrole nitrogens is 1. The van der Waals surface area contributed by atoms with Crippen molar-refractivity contribution in [3.63, 3.8) is 0 Å². The van der Waals surface area contributed by atoms with Gasteiger partial charge in [-0.1, -0.05) is 13.0 Å². The van der Waals surface area contributed by atoms with Crippen LogP contribution in [-0.4, -0.2) is 58.7 Å². The zero-order valence-electron chi connectivity index (χ0n) is 20.2. The van der Waals surface area contributed by atoms with Crippen molar-refractivity contribution in [1.29, 1.82) is 0 Å². The average Bonchev–Trinajstić information content (AvgIpc) is 3.29. The van der Waals surface area contributed by atoms with Crippen LogP contribution in [0.15, 0.2) is 60.0 Å². The number of rotatable bonds is 6. The first kappa shape index (κ1) is 24.1. The number of likely N-dealkylation sites (tertiary alicyclic amines) is 1. The molecule has 0 unspecified atom stereocenters. The van der Waals surface area contributed by atoms with E-state index in [1.54, 1.807) is 0 Å². The van der Waals surface area contributed by atoms with Crippen LogP contribution in [0.4, 0.5) is 5.69 Å². The van der Waals surface area contributed by atoms with E-state index in [0.717, 1.165) is 54.0 Å². The SMILES string of the molecule is CC1CCN(Cc2cncc(-c3ccc4[nH]nc(C(=O)Nc5ccc(S(C)(=O)=O)nc5)c4c3)c2)CC1. The van der Waals surface area contributed by atoms with Crippen molar-refractivity contribution in [1.82, 2.24) is 25.1 Å². The van der Waals surface area contributed by atoms with Crippen molar-refractivity contribution in [3.8, 4) is 11.1 Å². The molecule has 2 N–H and O–H groups in total. The molecular formula is C26H28N6O3S. The molecule has 0 spiro atoms. The van der Waals surface area contributed by atoms with Crippen LogP contribution < -0.4 is 5.32 Å². The number of hydrogen-bond donors (Lipinski definition) is 2. The quantitative estimate of drug-likeness (QED) is 0.408. The lowest BCUT2D eigenvalue weighted by molar-refractivity contribution is 0.102. The van der Waals surface area contributed by atoms with Gasteiger partial charge in [-0.15, -0.1) is 0 Å². The molecule has 4 aromatic rings. The van der Waals surface area contributed by atoms with Crippen molar-refractivity contribution >= 4 is 32.3 Å². The minimum absolute atomic E-state index is 0.0546. The Kier molecular flexibility index (Phi) is 6.55. The number of amides is 1. The van der Waals surface area contributed by atoms with Crippen molar-refractivity contribution in [3.05, 3.63) is 66.2 Å². The number of aromatic nitrogens is 4. The highest BCUT2D eigenvalue weighted by Crippen LogP contribution is 2.27. The van der Waals surface area contributed by atoms with Crippen LogP contribution in [0.3, 0.4) is 0 Å². The van der Waals surface area contributed by atoms with E-state index in [1.807, 2.05) is 30.6 Å². The van der Waals surface area contributed by atoms with Crippen LogP contribution >= 0.6 is 0 Å². The fourth-order valence-corrected chi connectivity index (χ4v) is 5.00. The Morgan fingerprint density at radius 3 is 2.61 bits per heavy atom. The van der Waals surface area contributed by atoms with E-state index in [2.05, 4.69) is 43.4 Å². The third kappa shape index (κ3) is 5.29. The molecule has 0 atom stereocenters. The van der Waals surface area contributed by atoms with Gasteiger partial charge in [-0.25, -0.2) is 13.4 Å². The highest BCUT2D eigenvalue weighted by Gasteiger charge is 2.18. The number of nitrogens with zero attached hydrogens (tertiary/aromatic N) is 4. The Hall–Kier alpha value is -3.63. The maximum absolute atomic E-state index is 13.0. The van der Waals surface area contributed by atoms with E-state index >= 15 is 0 Å². The predicted molar refractivity (Wildman–Crippen MR) is 138 cm³/mol. The highest BCUT2D eigenvalue weighted by atomic mass is 32.2. The first-order valence-electron chi connectivity index (χ1n) is 11.9. The second kappa shape index (κ2) is 9.79. The number of sulfone groups is 1. The van der Waals surface area contributed by atoms with Gasteiger partial charge in [0.25, 0.3) is 5.91 Å². The average molecular weight is 505 g/mol. The Bertz CT molecular complexity index is 1510. The summed E-state index contributed by atoms with van der Waals surface area (Å²) in [5.74, 6) is 0.375. The van der Waals surface area contributed by atoms with E-state index in [0.29, 0.717) is 11.1 Å². The summed E-state index contributed by atoms with van der Waals surface area (Å²) in [5, 5.41) is 10.5. The van der Waals surface area contributed by atoms with Gasteiger partial charge in [0.2, 0.25) is 0 Å². The summed E-state index contributed by atoms with van der Waals surface area (Å²) in [4.78, 5) is 23.8. The molecule has 186 valence electrons. The summed E-state index contributed by atoms with van der Waals surface area (Å²) in [7, 11) is -3.41. The number of aromatic amines is 1. The lowest BCUT2D eigenvalue weighted by atomic mass is 9.98. The molecule has 1 fully saturated rings. The molecule has 0 radical (unpaired) electrons. The summed E-state index contributed by atoms with van der Waals surface area (Å²) in [6.45, 7) is 5.40. The molecule has 36 heavy (non-hydrogen) atoms. The summed E-state index contributed by atoms with van der Waals surface area (Å²) >= 11 is 0. The first-order chi connectivity index (χ1) is 17.3. The first-order valence-corrected chi connectivity index (χ1v) is 13.8. The summed E-state index contributed by atoms with van der Waals surface area (Å²) < 4.78 is 23.2. The Balaban J connectivity index is 1.36. The largest absolute Gasteiger partial charge is 0.319 e. The van der Waals surface area contributed by atoms with E-state index in [9.17, 15) is 13.2 Å². The molecule has 1 amide bonds. The molecule has 1 aromatic carbocycles. The fraction of sp³-hybridized carbons (Fsp3) is 0.308. The predicted octanol–water partition coefficient (Wildman–Crippen LogP) is 3.91. The third-order valence-corrected chi connectivity index (χ3v) is 7.56. The maximum atomic E-state index is 13.0. The summed E-state index contributed by atoms with van der Waals surface area (Å²) in [6.07, 6.45) is 8.60. The molecule has 0 bridgehead atoms. The monoisotopic (exact) mass is 504 g/mol. The van der Waals surface area contributed by atoms with Crippen molar-refractivity contribution in [2.24, 2.45) is 5.92 Å². The number of piperidine rings is 1. The molecule has 0 saturated carbocycles. The number of benzene rings is 1. The Labute approximate surface area is 209 Å². The zero-order chi connectivity index (χ0) is 25.3. The summed E-state index contributed by atoms with van der Waals surface area (Å²) in [5.41, 5.74) is 4.44. The van der Waals surface area contributed by atoms with Gasteiger partial charge in [-0.2, -0.15) is 5.10 Å². The van der Waals surface area contributed by atoms with Gasteiger partial charge in [-0.3, -0.25) is 19.8 Å². The van der Waals surface area contributed by atoms with Gasteiger partial charge in [0.15, 0.2) is 20.6 Å². The number of anilines is 1. The highest BCUT2D eigenvalue weighted by molar-refractivity contribution is 7.90. The van der Waals surface area contributed by atoms with E-state index in [1.165, 1.54) is 31.2 Å². The van der Waals surface area contributed by atoms with Crippen LogP contribution in [0.2, 0.25) is 0 Å². The normalized spacial score (nSPS) is 15.3. The van der Waals surface area contributed by atoms with E-state index in [-0.39, 0.29) is 10.7 Å². The van der Waals surface area contributed by atoms with E-state index in [4.69, 9.17) is 0 Å². The molecular weight excluding hydrogens is 476 g/mol. The van der Waals surface area contributed by atoms with Gasteiger partial charge in [0.1, 0.15) is 0 Å². The van der Waals surface area contributed by atoms with Crippen molar-refractivity contribution in [2.75, 3.05) is 24.7 Å². The van der Waals surface area contributed by atoms with Crippen LogP contribution in [0, 0.1) is 5.92 Å². The minimum Gasteiger partial charge on any atom is -0.319 e. The molecule has 5 rings (SSSR count). The smallest absolute Gasteiger partial charge is 0.276 e. The molecule has 3 aromatic heterocycles. The molecule has 1 aliphatic rings. The number of fused-ring (bicyclic) bond motifs is 1. The van der Waals surface area contributed by atoms with Crippen LogP contribution in [0.25, 0.3) is 22.0 Å². The molecule has 4 heterocycles. The lowest BCUT2D eigenvalue weighted by Crippen LogP contribution is -2.32. The standard InChI is InChI=1S/C26H28N6O3S/c1-17-7-9-32(10-8-17)16-18-11-20(14-27-13-18)19-3-5-23-22(12-19)25(31-30-23)26(33)29-21-4-6-24(28-15-21)36(2,34)35/h3-6,11-15,17H,7-10,16H2,1-2H3,(H,29,33)(H,30,31). The fourth-order valence-electron chi connectivity index (χ4n) is 4.44. The van der Waals surface area contributed by atoms with Gasteiger partial charge >= 0.3 is 0 Å². The van der Waals surface area contributed by atoms with Crippen molar-refractivity contribution in [2.45, 2.75) is 31.3 Å². The minimum atomic E-state index is -3.41. The topological polar surface area (TPSA) is 121 Å². The van der Waals surface area contributed by atoms with Gasteiger partial charge in [0, 0.05) is 36.1 Å². The number of hydrogen-bond acceptors (Lipinski definition) is 7. The molecule has 10 heteroatoms. The number of carbonyl (C=O) groups excluding carboxylic acids is 1. The maximum Gasteiger partial charge on any atom is 0.276 e. The van der Waals surface area contributed by atoms with Gasteiger partial charge in [0.05, 0.1) is 17.4 Å². The molecule has 1 saturated heterocycles. The Morgan fingerprint density at radius 1 is 1.08 bits per heavy atom. The lowest BCUT2D eigenvalue weighted by Gasteiger charge is -2.30. The van der Waals surface area contributed by atoms with Crippen LogP contribution in [-0.2, 0) is 16.4 Å². The number of nitrogens with one attached hydrogen (secondary N) is 2. The Morgan fingerprint density at radius 2 is 1.89 bits per heavy atom. The second-order valence-corrected chi connectivity index (χ2v) is 11.4. The second-order valence-electron chi connectivity index (χ2n) is 9.48. The summed E-state index contributed by atoms with van der Waals surface area (Å²) in [6, 6.07) is 10.8. The van der Waals surface area contributed by atoms with Gasteiger partial charge < -0.3 is 5.32 Å². The molecule has 1 aliphatic heterocycles. The van der Waals surface area contributed by atoms with Gasteiger partial charge in [-0.05, 0) is 73.3 Å². The van der Waals surface area contributed by atoms with Crippen molar-refractivity contribution < 1.29 is 13.2 Å². The number of carbonyl (C=O) groups is 1. The van der Waals surface area contributed by atoms with E-state index < -0.39 is 15.7 Å². The number of pyridine rings is 2. The molecule has 0 aliphatic carbocycles.